The molecule has 4 unspecified atom stereocenters. The van der Waals surface area contributed by atoms with Gasteiger partial charge in [0.25, 0.3) is 0 Å². The van der Waals surface area contributed by atoms with E-state index in [1.807, 2.05) is 0 Å². The molecule has 0 saturated heterocycles. The minimum absolute atomic E-state index is 0.167. The van der Waals surface area contributed by atoms with Crippen LogP contribution in [0.25, 0.3) is 0 Å². The fourth-order valence-corrected chi connectivity index (χ4v) is 2.72. The summed E-state index contributed by atoms with van der Waals surface area (Å²) in [6.45, 7) is 6.26. The zero-order valence-corrected chi connectivity index (χ0v) is 12.3. The topological polar surface area (TPSA) is 69.6 Å². The number of hydrogen-bond donors (Lipinski definition) is 2. The Bertz CT molecular complexity index is 333. The van der Waals surface area contributed by atoms with Crippen molar-refractivity contribution in [1.82, 2.24) is 10.2 Å². The third kappa shape index (κ3) is 4.73. The van der Waals surface area contributed by atoms with Crippen molar-refractivity contribution in [2.75, 3.05) is 13.6 Å². The summed E-state index contributed by atoms with van der Waals surface area (Å²) in [5, 5.41) is 11.9. The van der Waals surface area contributed by atoms with E-state index in [1.165, 1.54) is 4.90 Å². The predicted octanol–water partition coefficient (Wildman–Crippen LogP) is 2.17. The first-order valence-electron chi connectivity index (χ1n) is 7.05. The third-order valence-electron chi connectivity index (χ3n) is 4.06. The highest BCUT2D eigenvalue weighted by atomic mass is 16.4. The van der Waals surface area contributed by atoms with Crippen LogP contribution in [0.5, 0.6) is 0 Å². The molecule has 0 aromatic carbocycles. The average molecular weight is 270 g/mol. The highest BCUT2D eigenvalue weighted by Crippen LogP contribution is 2.28. The van der Waals surface area contributed by atoms with Crippen LogP contribution in [-0.4, -0.2) is 41.6 Å². The number of aliphatic carboxylic acids is 1. The van der Waals surface area contributed by atoms with Crippen molar-refractivity contribution >= 4 is 12.0 Å². The number of carboxylic acid groups (broad SMARTS) is 1. The Balaban J connectivity index is 2.43. The molecule has 0 aliphatic heterocycles. The molecule has 0 spiro atoms. The number of rotatable bonds is 4. The zero-order valence-electron chi connectivity index (χ0n) is 12.3. The first-order valence-corrected chi connectivity index (χ1v) is 7.05. The van der Waals surface area contributed by atoms with Crippen molar-refractivity contribution in [2.45, 2.75) is 46.1 Å². The monoisotopic (exact) mass is 270 g/mol. The largest absolute Gasteiger partial charge is 0.481 e. The summed E-state index contributed by atoms with van der Waals surface area (Å²) in [4.78, 5) is 24.3. The summed E-state index contributed by atoms with van der Waals surface area (Å²) in [5.41, 5.74) is 0. The van der Waals surface area contributed by atoms with Gasteiger partial charge in [0.1, 0.15) is 0 Å². The molecular formula is C14H26N2O3. The molecule has 1 aliphatic carbocycles. The molecule has 0 radical (unpaired) electrons. The second kappa shape index (κ2) is 6.78. The maximum atomic E-state index is 12.0. The van der Waals surface area contributed by atoms with Gasteiger partial charge in [-0.3, -0.25) is 4.79 Å². The van der Waals surface area contributed by atoms with Crippen molar-refractivity contribution in [2.24, 2.45) is 17.8 Å². The van der Waals surface area contributed by atoms with Crippen LogP contribution in [0.1, 0.15) is 40.0 Å². The van der Waals surface area contributed by atoms with E-state index < -0.39 is 11.9 Å². The van der Waals surface area contributed by atoms with Crippen LogP contribution in [0.4, 0.5) is 4.79 Å². The SMILES string of the molecule is CC1CCC(NC(=O)N(C)CC(C)C(=O)O)C(C)C1. The van der Waals surface area contributed by atoms with Crippen LogP contribution >= 0.6 is 0 Å². The Morgan fingerprint density at radius 1 is 1.37 bits per heavy atom. The summed E-state index contributed by atoms with van der Waals surface area (Å²) in [6.07, 6.45) is 3.29. The van der Waals surface area contributed by atoms with Gasteiger partial charge in [-0.1, -0.05) is 20.8 Å². The van der Waals surface area contributed by atoms with Gasteiger partial charge in [-0.25, -0.2) is 4.79 Å². The van der Waals surface area contributed by atoms with Gasteiger partial charge in [-0.05, 0) is 31.1 Å². The Morgan fingerprint density at radius 3 is 2.53 bits per heavy atom. The average Bonchev–Trinajstić information content (AvgIpc) is 2.32. The Morgan fingerprint density at radius 2 is 2.00 bits per heavy atom. The number of nitrogens with one attached hydrogen (secondary N) is 1. The van der Waals surface area contributed by atoms with E-state index in [2.05, 4.69) is 19.2 Å². The van der Waals surface area contributed by atoms with Crippen LogP contribution in [0.2, 0.25) is 0 Å². The summed E-state index contributed by atoms with van der Waals surface area (Å²) in [5.74, 6) is -0.204. The van der Waals surface area contributed by atoms with Gasteiger partial charge >= 0.3 is 12.0 Å². The standard InChI is InChI=1S/C14H26N2O3/c1-9-5-6-12(10(2)7-9)15-14(19)16(4)8-11(3)13(17)18/h9-12H,5-8H2,1-4H3,(H,15,19)(H,17,18). The third-order valence-corrected chi connectivity index (χ3v) is 4.06. The molecule has 4 atom stereocenters. The summed E-state index contributed by atoms with van der Waals surface area (Å²) >= 11 is 0. The Kier molecular flexibility index (Phi) is 5.63. The smallest absolute Gasteiger partial charge is 0.317 e. The molecular weight excluding hydrogens is 244 g/mol. The van der Waals surface area contributed by atoms with E-state index in [0.717, 1.165) is 25.2 Å². The molecule has 110 valence electrons. The normalized spacial score (nSPS) is 28.5. The number of amides is 2. The van der Waals surface area contributed by atoms with E-state index in [4.69, 9.17) is 5.11 Å². The number of carbonyl (C=O) groups excluding carboxylic acids is 1. The van der Waals surface area contributed by atoms with Crippen molar-refractivity contribution in [1.29, 1.82) is 0 Å². The maximum absolute atomic E-state index is 12.0. The van der Waals surface area contributed by atoms with Crippen molar-refractivity contribution in [3.63, 3.8) is 0 Å². The summed E-state index contributed by atoms with van der Waals surface area (Å²) in [7, 11) is 1.64. The second-order valence-electron chi connectivity index (χ2n) is 6.07. The fourth-order valence-electron chi connectivity index (χ4n) is 2.72. The molecule has 0 aromatic rings. The van der Waals surface area contributed by atoms with Gasteiger partial charge in [0.05, 0.1) is 5.92 Å². The molecule has 1 aliphatic rings. The van der Waals surface area contributed by atoms with Gasteiger partial charge in [0.2, 0.25) is 0 Å². The van der Waals surface area contributed by atoms with Gasteiger partial charge in [-0.2, -0.15) is 0 Å². The molecule has 2 amide bonds. The van der Waals surface area contributed by atoms with Gasteiger partial charge < -0.3 is 15.3 Å². The van der Waals surface area contributed by atoms with E-state index in [-0.39, 0.29) is 18.6 Å². The lowest BCUT2D eigenvalue weighted by Crippen LogP contribution is -2.48. The van der Waals surface area contributed by atoms with E-state index >= 15 is 0 Å². The fraction of sp³-hybridized carbons (Fsp3) is 0.857. The molecule has 1 rings (SSSR count). The van der Waals surface area contributed by atoms with Gasteiger partial charge in [-0.15, -0.1) is 0 Å². The first kappa shape index (κ1) is 15.8. The highest BCUT2D eigenvalue weighted by molar-refractivity contribution is 5.76. The lowest BCUT2D eigenvalue weighted by atomic mass is 9.80. The highest BCUT2D eigenvalue weighted by Gasteiger charge is 2.27. The zero-order chi connectivity index (χ0) is 14.6. The van der Waals surface area contributed by atoms with Gasteiger partial charge in [0.15, 0.2) is 0 Å². The van der Waals surface area contributed by atoms with E-state index in [0.29, 0.717) is 5.92 Å². The Hall–Kier alpha value is -1.26. The van der Waals surface area contributed by atoms with Crippen molar-refractivity contribution in [3.8, 4) is 0 Å². The molecule has 5 heteroatoms. The summed E-state index contributed by atoms with van der Waals surface area (Å²) < 4.78 is 0. The minimum Gasteiger partial charge on any atom is -0.481 e. The van der Waals surface area contributed by atoms with Crippen molar-refractivity contribution < 1.29 is 14.7 Å². The first-order chi connectivity index (χ1) is 8.81. The van der Waals surface area contributed by atoms with Crippen LogP contribution in [0.3, 0.4) is 0 Å². The quantitative estimate of drug-likeness (QED) is 0.822. The molecule has 1 saturated carbocycles. The summed E-state index contributed by atoms with van der Waals surface area (Å²) in [6, 6.07) is 0.0470. The molecule has 0 bridgehead atoms. The van der Waals surface area contributed by atoms with E-state index in [9.17, 15) is 9.59 Å². The maximum Gasteiger partial charge on any atom is 0.317 e. The lowest BCUT2D eigenvalue weighted by Gasteiger charge is -2.34. The Labute approximate surface area is 115 Å². The molecule has 1 fully saturated rings. The van der Waals surface area contributed by atoms with E-state index in [1.54, 1.807) is 14.0 Å². The second-order valence-corrected chi connectivity index (χ2v) is 6.07. The number of hydrogen-bond acceptors (Lipinski definition) is 2. The molecule has 0 aromatic heterocycles. The number of urea groups is 1. The molecule has 5 nitrogen and oxygen atoms in total. The molecule has 2 N–H and O–H groups in total. The molecule has 19 heavy (non-hydrogen) atoms. The van der Waals surface area contributed by atoms with Crippen LogP contribution in [-0.2, 0) is 4.79 Å². The number of carbonyl (C=O) groups is 2. The number of nitrogens with zero attached hydrogens (tertiary/aromatic N) is 1. The van der Waals surface area contributed by atoms with Crippen LogP contribution < -0.4 is 5.32 Å². The van der Waals surface area contributed by atoms with Crippen LogP contribution in [0.15, 0.2) is 0 Å². The number of carboxylic acids is 1. The molecule has 0 heterocycles. The lowest BCUT2D eigenvalue weighted by molar-refractivity contribution is -0.141. The van der Waals surface area contributed by atoms with Gasteiger partial charge in [0, 0.05) is 19.6 Å². The minimum atomic E-state index is -0.875. The predicted molar refractivity (Wildman–Crippen MR) is 73.9 cm³/mol. The van der Waals surface area contributed by atoms with Crippen molar-refractivity contribution in [3.05, 3.63) is 0 Å². The van der Waals surface area contributed by atoms with Crippen LogP contribution in [0, 0.1) is 17.8 Å².